The van der Waals surface area contributed by atoms with Crippen molar-refractivity contribution in [3.8, 4) is 0 Å². The zero-order valence-electron chi connectivity index (χ0n) is 25.2. The van der Waals surface area contributed by atoms with Gasteiger partial charge in [-0.25, -0.2) is 0 Å². The van der Waals surface area contributed by atoms with Crippen molar-refractivity contribution in [1.82, 2.24) is 0 Å². The molecule has 216 valence electrons. The van der Waals surface area contributed by atoms with Crippen molar-refractivity contribution in [1.29, 1.82) is 0 Å². The minimum atomic E-state index is -1.27. The molecule has 1 fully saturated rings. The molecule has 1 saturated heterocycles. The highest BCUT2D eigenvalue weighted by Crippen LogP contribution is 2.59. The Hall–Kier alpha value is -3.99. The number of hydrogen-bond acceptors (Lipinski definition) is 4. The fourth-order valence-corrected chi connectivity index (χ4v) is 7.43. The molecule has 42 heavy (non-hydrogen) atoms. The molecule has 3 heterocycles. The van der Waals surface area contributed by atoms with Gasteiger partial charge in [-0.15, -0.1) is 0 Å². The van der Waals surface area contributed by atoms with E-state index >= 15 is 0 Å². The minimum absolute atomic E-state index is 0.0427. The van der Waals surface area contributed by atoms with Crippen LogP contribution in [0.4, 0.5) is 11.4 Å². The average Bonchev–Trinajstić information content (AvgIpc) is 3.44. The van der Waals surface area contributed by atoms with Crippen molar-refractivity contribution in [2.45, 2.75) is 77.8 Å². The van der Waals surface area contributed by atoms with E-state index in [1.807, 2.05) is 87.5 Å². The number of fused-ring (bicyclic) bond motifs is 6. The molecule has 0 bridgehead atoms. The van der Waals surface area contributed by atoms with Crippen LogP contribution in [0.25, 0.3) is 5.57 Å². The number of benzene rings is 3. The third-order valence-corrected chi connectivity index (χ3v) is 9.48. The SMILES string of the molecule is CCCCCc1ccc(C(=O)[C@@H]2[C@@H](C(=O)C(C)(C)C)N3c4ccccc4C(C)=C[C@@H]3[C@@]23C(=O)Nc2ccccc23)cc1. The summed E-state index contributed by atoms with van der Waals surface area (Å²) in [7, 11) is 0. The lowest BCUT2D eigenvalue weighted by atomic mass is 9.63. The molecule has 0 aliphatic carbocycles. The molecule has 1 spiro atoms. The quantitative estimate of drug-likeness (QED) is 0.242. The molecule has 1 N–H and O–H groups in total. The van der Waals surface area contributed by atoms with E-state index in [4.69, 9.17) is 0 Å². The summed E-state index contributed by atoms with van der Waals surface area (Å²) in [5.41, 5.74) is 4.17. The van der Waals surface area contributed by atoms with E-state index in [0.717, 1.165) is 41.6 Å². The van der Waals surface area contributed by atoms with Crippen LogP contribution in [0, 0.1) is 11.3 Å². The maximum atomic E-state index is 14.9. The lowest BCUT2D eigenvalue weighted by molar-refractivity contribution is -0.128. The molecule has 0 saturated carbocycles. The van der Waals surface area contributed by atoms with Crippen LogP contribution in [-0.4, -0.2) is 29.6 Å². The Bertz CT molecular complexity index is 1600. The summed E-state index contributed by atoms with van der Waals surface area (Å²) >= 11 is 0. The first kappa shape index (κ1) is 28.1. The van der Waals surface area contributed by atoms with Crippen molar-refractivity contribution in [2.75, 3.05) is 10.2 Å². The van der Waals surface area contributed by atoms with E-state index in [0.29, 0.717) is 11.3 Å². The average molecular weight is 561 g/mol. The van der Waals surface area contributed by atoms with Crippen LogP contribution < -0.4 is 10.2 Å². The molecule has 4 atom stereocenters. The van der Waals surface area contributed by atoms with Crippen LogP contribution in [0.15, 0.2) is 78.9 Å². The fraction of sp³-hybridized carbons (Fsp3) is 0.378. The first-order chi connectivity index (χ1) is 20.1. The minimum Gasteiger partial charge on any atom is -0.352 e. The van der Waals surface area contributed by atoms with Crippen molar-refractivity contribution in [3.05, 3.63) is 101 Å². The van der Waals surface area contributed by atoms with Crippen LogP contribution in [0.2, 0.25) is 0 Å². The molecule has 1 amide bonds. The summed E-state index contributed by atoms with van der Waals surface area (Å²) < 4.78 is 0. The third-order valence-electron chi connectivity index (χ3n) is 9.48. The van der Waals surface area contributed by atoms with Gasteiger partial charge in [-0.05, 0) is 48.6 Å². The first-order valence-corrected chi connectivity index (χ1v) is 15.2. The van der Waals surface area contributed by atoms with E-state index < -0.39 is 28.8 Å². The number of Topliss-reactive ketones (excluding diaryl/α,β-unsaturated/α-hetero) is 2. The molecular formula is C37H40N2O3. The number of hydrogen-bond donors (Lipinski definition) is 1. The molecule has 3 aliphatic heterocycles. The molecule has 3 aliphatic rings. The van der Waals surface area contributed by atoms with E-state index in [2.05, 4.69) is 36.2 Å². The zero-order chi connectivity index (χ0) is 29.8. The summed E-state index contributed by atoms with van der Waals surface area (Å²) in [6.07, 6.45) is 6.50. The lowest BCUT2D eigenvalue weighted by Crippen LogP contribution is -2.51. The van der Waals surface area contributed by atoms with E-state index in [-0.39, 0.29) is 17.5 Å². The number of carbonyl (C=O) groups excluding carboxylic acids is 3. The number of nitrogens with zero attached hydrogens (tertiary/aromatic N) is 1. The largest absolute Gasteiger partial charge is 0.352 e. The molecule has 5 heteroatoms. The van der Waals surface area contributed by atoms with Gasteiger partial charge in [0.15, 0.2) is 11.6 Å². The number of allylic oxidation sites excluding steroid dienone is 1. The van der Waals surface area contributed by atoms with Gasteiger partial charge >= 0.3 is 0 Å². The normalized spacial score (nSPS) is 24.1. The van der Waals surface area contributed by atoms with Crippen molar-refractivity contribution < 1.29 is 14.4 Å². The van der Waals surface area contributed by atoms with Crippen LogP contribution >= 0.6 is 0 Å². The monoisotopic (exact) mass is 560 g/mol. The van der Waals surface area contributed by atoms with Gasteiger partial charge in [0.05, 0.1) is 12.0 Å². The summed E-state index contributed by atoms with van der Waals surface area (Å²) in [4.78, 5) is 46.1. The molecule has 3 aromatic rings. The van der Waals surface area contributed by atoms with Gasteiger partial charge in [0.25, 0.3) is 0 Å². The molecule has 0 unspecified atom stereocenters. The smallest absolute Gasteiger partial charge is 0.238 e. The summed E-state index contributed by atoms with van der Waals surface area (Å²) in [6, 6.07) is 22.2. The highest BCUT2D eigenvalue weighted by molar-refractivity contribution is 6.17. The van der Waals surface area contributed by atoms with Crippen LogP contribution in [0.1, 0.15) is 80.9 Å². The molecule has 3 aromatic carbocycles. The van der Waals surface area contributed by atoms with Crippen molar-refractivity contribution >= 4 is 34.4 Å². The van der Waals surface area contributed by atoms with E-state index in [9.17, 15) is 14.4 Å². The second kappa shape index (κ2) is 10.4. The Kier molecular flexibility index (Phi) is 6.95. The van der Waals surface area contributed by atoms with E-state index in [1.54, 1.807) is 0 Å². The molecule has 0 radical (unpaired) electrons. The Labute approximate surface area is 249 Å². The second-order valence-corrected chi connectivity index (χ2v) is 13.1. The second-order valence-electron chi connectivity index (χ2n) is 13.1. The third kappa shape index (κ3) is 4.16. The number of para-hydroxylation sites is 2. The highest BCUT2D eigenvalue weighted by atomic mass is 16.2. The van der Waals surface area contributed by atoms with Crippen LogP contribution in [0.5, 0.6) is 0 Å². The zero-order valence-corrected chi connectivity index (χ0v) is 25.2. The van der Waals surface area contributed by atoms with Gasteiger partial charge in [-0.3, -0.25) is 14.4 Å². The molecule has 6 rings (SSSR count). The van der Waals surface area contributed by atoms with Crippen LogP contribution in [0.3, 0.4) is 0 Å². The van der Waals surface area contributed by atoms with Crippen LogP contribution in [-0.2, 0) is 21.4 Å². The fourth-order valence-electron chi connectivity index (χ4n) is 7.43. The number of amides is 1. The number of rotatable bonds is 7. The number of ketones is 2. The van der Waals surface area contributed by atoms with Crippen molar-refractivity contribution in [2.24, 2.45) is 11.3 Å². The number of nitrogens with one attached hydrogen (secondary N) is 1. The number of anilines is 2. The van der Waals surface area contributed by atoms with Gasteiger partial charge < -0.3 is 10.2 Å². The van der Waals surface area contributed by atoms with Gasteiger partial charge in [0.1, 0.15) is 11.5 Å². The predicted molar refractivity (Wildman–Crippen MR) is 169 cm³/mol. The Morgan fingerprint density at radius 2 is 1.62 bits per heavy atom. The number of unbranched alkanes of at least 4 members (excludes halogenated alkanes) is 2. The van der Waals surface area contributed by atoms with Crippen molar-refractivity contribution in [3.63, 3.8) is 0 Å². The number of carbonyl (C=O) groups is 3. The maximum absolute atomic E-state index is 14.9. The van der Waals surface area contributed by atoms with Gasteiger partial charge in [-0.1, -0.05) is 107 Å². The topological polar surface area (TPSA) is 66.5 Å². The number of aryl methyl sites for hydroxylation is 1. The summed E-state index contributed by atoms with van der Waals surface area (Å²) in [5.74, 6) is -1.35. The Balaban J connectivity index is 1.59. The molecule has 5 nitrogen and oxygen atoms in total. The highest BCUT2D eigenvalue weighted by Gasteiger charge is 2.71. The van der Waals surface area contributed by atoms with Gasteiger partial charge in [-0.2, -0.15) is 0 Å². The Morgan fingerprint density at radius 1 is 0.929 bits per heavy atom. The lowest BCUT2D eigenvalue weighted by Gasteiger charge is -2.39. The molecular weight excluding hydrogens is 520 g/mol. The predicted octanol–water partition coefficient (Wildman–Crippen LogP) is 7.40. The van der Waals surface area contributed by atoms with Gasteiger partial charge in [0.2, 0.25) is 5.91 Å². The van der Waals surface area contributed by atoms with E-state index in [1.165, 1.54) is 12.0 Å². The maximum Gasteiger partial charge on any atom is 0.238 e. The summed E-state index contributed by atoms with van der Waals surface area (Å²) in [5, 5.41) is 3.12. The first-order valence-electron chi connectivity index (χ1n) is 15.2. The standard InChI is InChI=1S/C37H40N2O3/c1-6-7-8-13-24-18-20-25(21-19-24)33(40)31-32(34(41)36(3,4)5)39-29-17-12-9-14-26(29)23(2)22-30(39)37(31)27-15-10-11-16-28(27)38-35(37)42/h9-12,14-22,30-32H,6-8,13H2,1-5H3,(H,38,42)/t30-,31+,32+,37-/m1/s1. The van der Waals surface area contributed by atoms with Gasteiger partial charge in [0, 0.05) is 27.9 Å². The molecule has 0 aromatic heterocycles. The Morgan fingerprint density at radius 3 is 2.33 bits per heavy atom. The summed E-state index contributed by atoms with van der Waals surface area (Å²) in [6.45, 7) is 9.95.